The topological polar surface area (TPSA) is 41.8 Å². The van der Waals surface area contributed by atoms with Crippen LogP contribution in [0.25, 0.3) is 0 Å². The summed E-state index contributed by atoms with van der Waals surface area (Å²) in [6.45, 7) is 3.95. The zero-order valence-electron chi connectivity index (χ0n) is 15.9. The molecule has 0 bridgehead atoms. The number of nitrogens with zero attached hydrogens (tertiary/aromatic N) is 1. The molecule has 0 radical (unpaired) electrons. The van der Waals surface area contributed by atoms with Gasteiger partial charge in [0.05, 0.1) is 25.2 Å². The van der Waals surface area contributed by atoms with Crippen LogP contribution in [0.3, 0.4) is 0 Å². The highest BCUT2D eigenvalue weighted by Crippen LogP contribution is 2.23. The van der Waals surface area contributed by atoms with Crippen LogP contribution in [-0.4, -0.2) is 30.9 Å². The zero-order chi connectivity index (χ0) is 18.8. The van der Waals surface area contributed by atoms with E-state index in [0.29, 0.717) is 18.0 Å². The number of likely N-dealkylation sites (tertiary alicyclic amines) is 1. The van der Waals surface area contributed by atoms with Crippen LogP contribution in [0, 0.1) is 12.8 Å². The van der Waals surface area contributed by atoms with Gasteiger partial charge in [-0.05, 0) is 49.8 Å². The molecule has 2 aromatic rings. The second-order valence-electron chi connectivity index (χ2n) is 7.95. The minimum absolute atomic E-state index is 0.0274. The van der Waals surface area contributed by atoms with Gasteiger partial charge < -0.3 is 4.90 Å². The third kappa shape index (κ3) is 3.81. The summed E-state index contributed by atoms with van der Waals surface area (Å²) in [5.74, 6) is 0.588. The second-order valence-corrected chi connectivity index (χ2v) is 7.95. The van der Waals surface area contributed by atoms with Crippen molar-refractivity contribution in [2.45, 2.75) is 38.6 Å². The van der Waals surface area contributed by atoms with Crippen LogP contribution in [-0.2, 0) is 16.0 Å². The van der Waals surface area contributed by atoms with E-state index < -0.39 is 0 Å². The maximum Gasteiger partial charge on any atom is 0.292 e. The van der Waals surface area contributed by atoms with Gasteiger partial charge in [-0.15, -0.1) is 0 Å². The minimum Gasteiger partial charge on any atom is -0.324 e. The van der Waals surface area contributed by atoms with Crippen LogP contribution in [0.1, 0.15) is 30.4 Å². The number of quaternary nitrogens is 1. The largest absolute Gasteiger partial charge is 0.324 e. The molecule has 2 fully saturated rings. The third-order valence-electron chi connectivity index (χ3n) is 6.05. The lowest BCUT2D eigenvalue weighted by Gasteiger charge is -2.32. The zero-order valence-corrected chi connectivity index (χ0v) is 15.9. The average molecular weight is 363 g/mol. The van der Waals surface area contributed by atoms with Gasteiger partial charge in [0.15, 0.2) is 6.04 Å². The summed E-state index contributed by atoms with van der Waals surface area (Å²) in [5, 5.41) is 0. The molecule has 140 valence electrons. The average Bonchev–Trinajstić information content (AvgIpc) is 2.98. The molecule has 4 nitrogen and oxygen atoms in total. The van der Waals surface area contributed by atoms with Gasteiger partial charge in [0.1, 0.15) is 0 Å². The van der Waals surface area contributed by atoms with Crippen LogP contribution in [0.4, 0.5) is 5.69 Å². The molecule has 2 saturated heterocycles. The Morgan fingerprint density at radius 3 is 2.30 bits per heavy atom. The maximum atomic E-state index is 13.0. The Bertz CT molecular complexity index is 808. The van der Waals surface area contributed by atoms with Crippen molar-refractivity contribution in [1.82, 2.24) is 0 Å². The lowest BCUT2D eigenvalue weighted by molar-refractivity contribution is -0.920. The van der Waals surface area contributed by atoms with Gasteiger partial charge >= 0.3 is 0 Å². The molecular formula is C23H27N2O2+. The number of hydrogen-bond acceptors (Lipinski definition) is 2. The smallest absolute Gasteiger partial charge is 0.292 e. The van der Waals surface area contributed by atoms with E-state index in [-0.39, 0.29) is 17.9 Å². The van der Waals surface area contributed by atoms with Crippen LogP contribution >= 0.6 is 0 Å². The van der Waals surface area contributed by atoms with Crippen molar-refractivity contribution >= 4 is 17.5 Å². The fourth-order valence-corrected chi connectivity index (χ4v) is 4.46. The van der Waals surface area contributed by atoms with Crippen molar-refractivity contribution in [3.05, 3.63) is 65.7 Å². The predicted octanol–water partition coefficient (Wildman–Crippen LogP) is 2.16. The summed E-state index contributed by atoms with van der Waals surface area (Å²) in [7, 11) is 0. The minimum atomic E-state index is -0.212. The molecule has 0 aliphatic carbocycles. The molecule has 2 heterocycles. The molecule has 0 unspecified atom stereocenters. The van der Waals surface area contributed by atoms with Gasteiger partial charge in [-0.2, -0.15) is 0 Å². The number of anilines is 1. The van der Waals surface area contributed by atoms with Gasteiger partial charge in [-0.1, -0.05) is 48.0 Å². The molecule has 0 saturated carbocycles. The van der Waals surface area contributed by atoms with Crippen LogP contribution in [0.15, 0.2) is 54.6 Å². The first-order valence-electron chi connectivity index (χ1n) is 9.94. The quantitative estimate of drug-likeness (QED) is 0.846. The van der Waals surface area contributed by atoms with E-state index >= 15 is 0 Å². The Morgan fingerprint density at radius 2 is 1.63 bits per heavy atom. The number of carbonyl (C=O) groups excluding carboxylic acids is 2. The van der Waals surface area contributed by atoms with E-state index in [2.05, 4.69) is 30.3 Å². The van der Waals surface area contributed by atoms with E-state index in [4.69, 9.17) is 0 Å². The molecule has 4 heteroatoms. The molecular weight excluding hydrogens is 336 g/mol. The summed E-state index contributed by atoms with van der Waals surface area (Å²) < 4.78 is 0. The fraction of sp³-hybridized carbons (Fsp3) is 0.391. The van der Waals surface area contributed by atoms with Crippen molar-refractivity contribution in [2.24, 2.45) is 5.92 Å². The fourth-order valence-electron chi connectivity index (χ4n) is 4.46. The van der Waals surface area contributed by atoms with Gasteiger partial charge in [-0.25, -0.2) is 4.90 Å². The van der Waals surface area contributed by atoms with E-state index in [1.807, 2.05) is 31.2 Å². The van der Waals surface area contributed by atoms with E-state index in [9.17, 15) is 9.59 Å². The molecule has 0 spiro atoms. The molecule has 2 aliphatic heterocycles. The molecule has 0 aromatic heterocycles. The number of benzene rings is 2. The Kier molecular flexibility index (Phi) is 5.08. The predicted molar refractivity (Wildman–Crippen MR) is 106 cm³/mol. The van der Waals surface area contributed by atoms with E-state index in [0.717, 1.165) is 37.9 Å². The first-order chi connectivity index (χ1) is 13.1. The standard InChI is InChI=1S/C23H26N2O2/c1-17-7-9-20(10-8-17)25-22(26)16-21(23(25)27)24-13-11-19(12-14-24)15-18-5-3-2-4-6-18/h2-10,19,21H,11-16H2,1H3/p+1/t21-/m0/s1. The summed E-state index contributed by atoms with van der Waals surface area (Å²) in [4.78, 5) is 28.2. The lowest BCUT2D eigenvalue weighted by atomic mass is 9.89. The maximum absolute atomic E-state index is 13.0. The van der Waals surface area contributed by atoms with Crippen molar-refractivity contribution in [2.75, 3.05) is 18.0 Å². The summed E-state index contributed by atoms with van der Waals surface area (Å²) in [5.41, 5.74) is 3.22. The van der Waals surface area contributed by atoms with Gasteiger partial charge in [0.25, 0.3) is 5.91 Å². The number of piperidine rings is 1. The van der Waals surface area contributed by atoms with Crippen molar-refractivity contribution < 1.29 is 14.5 Å². The Morgan fingerprint density at radius 1 is 0.963 bits per heavy atom. The SMILES string of the molecule is Cc1ccc(N2C(=O)C[C@H]([NH+]3CCC(Cc4ccccc4)CC3)C2=O)cc1. The molecule has 27 heavy (non-hydrogen) atoms. The molecule has 2 amide bonds. The van der Waals surface area contributed by atoms with Crippen LogP contribution < -0.4 is 9.80 Å². The number of amides is 2. The highest BCUT2D eigenvalue weighted by atomic mass is 16.2. The lowest BCUT2D eigenvalue weighted by Crippen LogP contribution is -3.17. The first kappa shape index (κ1) is 17.9. The summed E-state index contributed by atoms with van der Waals surface area (Å²) in [6, 6.07) is 18.1. The molecule has 2 aliphatic rings. The third-order valence-corrected chi connectivity index (χ3v) is 6.05. The molecule has 1 N–H and O–H groups in total. The van der Waals surface area contributed by atoms with Crippen molar-refractivity contribution in [1.29, 1.82) is 0 Å². The van der Waals surface area contributed by atoms with E-state index in [1.165, 1.54) is 15.4 Å². The highest BCUT2D eigenvalue weighted by molar-refractivity contribution is 6.21. The summed E-state index contributed by atoms with van der Waals surface area (Å²) >= 11 is 0. The number of carbonyl (C=O) groups is 2. The van der Waals surface area contributed by atoms with Gasteiger partial charge in [-0.3, -0.25) is 9.59 Å². The molecule has 4 rings (SSSR count). The van der Waals surface area contributed by atoms with Crippen molar-refractivity contribution in [3.8, 4) is 0 Å². The van der Waals surface area contributed by atoms with Gasteiger partial charge in [0, 0.05) is 0 Å². The highest BCUT2D eigenvalue weighted by Gasteiger charge is 2.46. The van der Waals surface area contributed by atoms with Crippen molar-refractivity contribution in [3.63, 3.8) is 0 Å². The van der Waals surface area contributed by atoms with E-state index in [1.54, 1.807) is 0 Å². The monoisotopic (exact) mass is 363 g/mol. The number of nitrogens with one attached hydrogen (secondary N) is 1. The number of hydrogen-bond donors (Lipinski definition) is 1. The Balaban J connectivity index is 1.38. The Labute approximate surface area is 160 Å². The Hall–Kier alpha value is -2.46. The summed E-state index contributed by atoms with van der Waals surface area (Å²) in [6.07, 6.45) is 3.69. The number of rotatable bonds is 4. The normalized spacial score (nSPS) is 25.8. The van der Waals surface area contributed by atoms with Crippen LogP contribution in [0.5, 0.6) is 0 Å². The molecule has 1 atom stereocenters. The first-order valence-corrected chi connectivity index (χ1v) is 9.94. The second kappa shape index (κ2) is 7.65. The number of aryl methyl sites for hydroxylation is 1. The van der Waals surface area contributed by atoms with Gasteiger partial charge in [0.2, 0.25) is 5.91 Å². The van der Waals surface area contributed by atoms with Crippen LogP contribution in [0.2, 0.25) is 0 Å². The number of imide groups is 1. The molecule has 2 aromatic carbocycles.